The molecule has 1 aliphatic heterocycles. The first-order valence-corrected chi connectivity index (χ1v) is 6.48. The van der Waals surface area contributed by atoms with Gasteiger partial charge in [0.05, 0.1) is 0 Å². The summed E-state index contributed by atoms with van der Waals surface area (Å²) >= 11 is 0. The van der Waals surface area contributed by atoms with Crippen LogP contribution in [0.5, 0.6) is 0 Å². The summed E-state index contributed by atoms with van der Waals surface area (Å²) in [6.07, 6.45) is 4.68. The van der Waals surface area contributed by atoms with Crippen LogP contribution in [0.1, 0.15) is 42.6 Å². The maximum atomic E-state index is 12.2. The van der Waals surface area contributed by atoms with Crippen molar-refractivity contribution in [2.75, 3.05) is 13.1 Å². The lowest BCUT2D eigenvalue weighted by Gasteiger charge is -2.14. The van der Waals surface area contributed by atoms with Gasteiger partial charge in [0.2, 0.25) is 5.82 Å². The molecule has 0 spiro atoms. The van der Waals surface area contributed by atoms with Gasteiger partial charge in [-0.1, -0.05) is 13.3 Å². The molecule has 17 heavy (non-hydrogen) atoms. The summed E-state index contributed by atoms with van der Waals surface area (Å²) in [6, 6.07) is 0. The number of aryl methyl sites for hydroxylation is 1. The number of aromatic amines is 1. The zero-order valence-electron chi connectivity index (χ0n) is 10.1. The van der Waals surface area contributed by atoms with E-state index < -0.39 is 0 Å². The number of carbonyl (C=O) groups is 1. The topological polar surface area (TPSA) is 61.9 Å². The molecule has 5 nitrogen and oxygen atoms in total. The lowest BCUT2D eigenvalue weighted by Crippen LogP contribution is -2.30. The standard InChI is InChI=1S/C12H18N4O/c1-2-10-13-11(15-14-10)12(17)16-6-8-4-3-5-9(8)7-16/h8-9H,2-7H2,1H3,(H,13,14,15). The first-order chi connectivity index (χ1) is 8.28. The predicted molar refractivity (Wildman–Crippen MR) is 62.5 cm³/mol. The minimum Gasteiger partial charge on any atom is -0.335 e. The van der Waals surface area contributed by atoms with Crippen LogP contribution in [0.4, 0.5) is 0 Å². The normalized spacial score (nSPS) is 27.5. The minimum atomic E-state index is -0.00431. The SMILES string of the molecule is CCc1nc(C(=O)N2CC3CCCC3C2)n[nH]1. The lowest BCUT2D eigenvalue weighted by atomic mass is 10.0. The highest BCUT2D eigenvalue weighted by molar-refractivity contribution is 5.90. The Balaban J connectivity index is 1.70. The van der Waals surface area contributed by atoms with E-state index >= 15 is 0 Å². The molecule has 0 bridgehead atoms. The molecule has 2 heterocycles. The molecule has 5 heteroatoms. The van der Waals surface area contributed by atoms with Gasteiger partial charge >= 0.3 is 0 Å². The molecule has 2 atom stereocenters. The van der Waals surface area contributed by atoms with Gasteiger partial charge in [-0.2, -0.15) is 0 Å². The van der Waals surface area contributed by atoms with Crippen molar-refractivity contribution in [2.45, 2.75) is 32.6 Å². The number of aromatic nitrogens is 3. The van der Waals surface area contributed by atoms with Gasteiger partial charge in [0, 0.05) is 19.5 Å². The molecule has 1 N–H and O–H groups in total. The van der Waals surface area contributed by atoms with E-state index in [2.05, 4.69) is 15.2 Å². The van der Waals surface area contributed by atoms with Gasteiger partial charge in [-0.05, 0) is 24.7 Å². The summed E-state index contributed by atoms with van der Waals surface area (Å²) in [5, 5.41) is 6.80. The molecule has 1 aliphatic carbocycles. The Kier molecular flexibility index (Phi) is 2.61. The first kappa shape index (κ1) is 10.7. The van der Waals surface area contributed by atoms with Gasteiger partial charge in [0.15, 0.2) is 0 Å². The third kappa shape index (κ3) is 1.83. The van der Waals surface area contributed by atoms with Gasteiger partial charge in [-0.3, -0.25) is 9.89 Å². The molecule has 2 unspecified atom stereocenters. The van der Waals surface area contributed by atoms with Gasteiger partial charge < -0.3 is 4.90 Å². The summed E-state index contributed by atoms with van der Waals surface area (Å²) in [5.41, 5.74) is 0. The van der Waals surface area contributed by atoms with E-state index in [4.69, 9.17) is 0 Å². The summed E-state index contributed by atoms with van der Waals surface area (Å²) in [7, 11) is 0. The summed E-state index contributed by atoms with van der Waals surface area (Å²) in [5.74, 6) is 2.57. The maximum Gasteiger partial charge on any atom is 0.293 e. The fraction of sp³-hybridized carbons (Fsp3) is 0.750. The van der Waals surface area contributed by atoms with Crippen LogP contribution in [0.25, 0.3) is 0 Å². The molecule has 92 valence electrons. The monoisotopic (exact) mass is 234 g/mol. The second kappa shape index (κ2) is 4.13. The second-order valence-electron chi connectivity index (χ2n) is 5.12. The third-order valence-electron chi connectivity index (χ3n) is 4.07. The quantitative estimate of drug-likeness (QED) is 0.837. The number of fused-ring (bicyclic) bond motifs is 1. The molecule has 1 aromatic rings. The molecule has 0 radical (unpaired) electrons. The Morgan fingerprint density at radius 2 is 2.12 bits per heavy atom. The number of carbonyl (C=O) groups excluding carboxylic acids is 1. The van der Waals surface area contributed by atoms with Crippen molar-refractivity contribution in [1.29, 1.82) is 0 Å². The first-order valence-electron chi connectivity index (χ1n) is 6.48. The number of nitrogens with zero attached hydrogens (tertiary/aromatic N) is 3. The molecule has 1 saturated carbocycles. The van der Waals surface area contributed by atoms with Crippen molar-refractivity contribution in [3.63, 3.8) is 0 Å². The molecular formula is C12H18N4O. The average Bonchev–Trinajstić information content (AvgIpc) is 3.02. The van der Waals surface area contributed by atoms with Gasteiger partial charge in [0.1, 0.15) is 5.82 Å². The van der Waals surface area contributed by atoms with E-state index in [9.17, 15) is 4.79 Å². The Morgan fingerprint density at radius 3 is 2.71 bits per heavy atom. The zero-order valence-corrected chi connectivity index (χ0v) is 10.1. The molecule has 0 aromatic carbocycles. The Labute approximate surface area is 101 Å². The van der Waals surface area contributed by atoms with Crippen LogP contribution in [0, 0.1) is 11.8 Å². The third-order valence-corrected chi connectivity index (χ3v) is 4.07. The smallest absolute Gasteiger partial charge is 0.293 e. The number of H-pyrrole nitrogens is 1. The van der Waals surface area contributed by atoms with Crippen LogP contribution < -0.4 is 0 Å². The lowest BCUT2D eigenvalue weighted by molar-refractivity contribution is 0.0769. The van der Waals surface area contributed by atoms with Crippen molar-refractivity contribution in [3.8, 4) is 0 Å². The fourth-order valence-electron chi connectivity index (χ4n) is 3.09. The zero-order chi connectivity index (χ0) is 11.8. The molecular weight excluding hydrogens is 216 g/mol. The number of likely N-dealkylation sites (tertiary alicyclic amines) is 1. The van der Waals surface area contributed by atoms with Crippen LogP contribution >= 0.6 is 0 Å². The summed E-state index contributed by atoms with van der Waals surface area (Å²) < 4.78 is 0. The van der Waals surface area contributed by atoms with Crippen molar-refractivity contribution in [1.82, 2.24) is 20.1 Å². The number of amides is 1. The number of nitrogens with one attached hydrogen (secondary N) is 1. The van der Waals surface area contributed by atoms with Crippen LogP contribution in [0.3, 0.4) is 0 Å². The van der Waals surface area contributed by atoms with Crippen molar-refractivity contribution >= 4 is 5.91 Å². The highest BCUT2D eigenvalue weighted by Gasteiger charge is 2.38. The van der Waals surface area contributed by atoms with E-state index in [1.807, 2.05) is 11.8 Å². The highest BCUT2D eigenvalue weighted by atomic mass is 16.2. The van der Waals surface area contributed by atoms with E-state index in [-0.39, 0.29) is 5.91 Å². The second-order valence-corrected chi connectivity index (χ2v) is 5.12. The Morgan fingerprint density at radius 1 is 1.41 bits per heavy atom. The number of hydrogen-bond acceptors (Lipinski definition) is 3. The number of rotatable bonds is 2. The van der Waals surface area contributed by atoms with Gasteiger partial charge in [-0.25, -0.2) is 4.98 Å². The minimum absolute atomic E-state index is 0.00431. The molecule has 2 fully saturated rings. The molecule has 2 aliphatic rings. The van der Waals surface area contributed by atoms with Crippen LogP contribution in [-0.4, -0.2) is 39.1 Å². The van der Waals surface area contributed by atoms with E-state index in [0.29, 0.717) is 5.82 Å². The van der Waals surface area contributed by atoms with E-state index in [0.717, 1.165) is 37.2 Å². The summed E-state index contributed by atoms with van der Waals surface area (Å²) in [6.45, 7) is 3.80. The average molecular weight is 234 g/mol. The molecule has 1 amide bonds. The van der Waals surface area contributed by atoms with E-state index in [1.54, 1.807) is 0 Å². The van der Waals surface area contributed by atoms with Crippen molar-refractivity contribution in [3.05, 3.63) is 11.6 Å². The van der Waals surface area contributed by atoms with Crippen LogP contribution in [-0.2, 0) is 6.42 Å². The summed E-state index contributed by atoms with van der Waals surface area (Å²) in [4.78, 5) is 18.3. The van der Waals surface area contributed by atoms with Gasteiger partial charge in [0.25, 0.3) is 5.91 Å². The van der Waals surface area contributed by atoms with Crippen molar-refractivity contribution in [2.24, 2.45) is 11.8 Å². The molecule has 3 rings (SSSR count). The van der Waals surface area contributed by atoms with Gasteiger partial charge in [-0.15, -0.1) is 5.10 Å². The highest BCUT2D eigenvalue weighted by Crippen LogP contribution is 2.37. The predicted octanol–water partition coefficient (Wildman–Crippen LogP) is 1.24. The maximum absolute atomic E-state index is 12.2. The molecule has 1 aromatic heterocycles. The van der Waals surface area contributed by atoms with E-state index in [1.165, 1.54) is 19.3 Å². The largest absolute Gasteiger partial charge is 0.335 e. The fourth-order valence-corrected chi connectivity index (χ4v) is 3.09. The number of hydrogen-bond donors (Lipinski definition) is 1. The Bertz CT molecular complexity index is 416. The van der Waals surface area contributed by atoms with Crippen LogP contribution in [0.2, 0.25) is 0 Å². The van der Waals surface area contributed by atoms with Crippen molar-refractivity contribution < 1.29 is 4.79 Å². The Hall–Kier alpha value is -1.39. The van der Waals surface area contributed by atoms with Crippen LogP contribution in [0.15, 0.2) is 0 Å². The molecule has 1 saturated heterocycles.